The van der Waals surface area contributed by atoms with Crippen molar-refractivity contribution in [1.82, 2.24) is 39.4 Å². The van der Waals surface area contributed by atoms with E-state index in [2.05, 4.69) is 25.2 Å². The van der Waals surface area contributed by atoms with Crippen molar-refractivity contribution in [2.45, 2.75) is 63.0 Å². The minimum Gasteiger partial charge on any atom is -0.461 e. The van der Waals surface area contributed by atoms with Crippen molar-refractivity contribution in [3.8, 4) is 11.7 Å². The number of alkyl halides is 6. The second-order valence-electron chi connectivity index (χ2n) is 14.0. The Kier molecular flexibility index (Phi) is 7.54. The van der Waals surface area contributed by atoms with Crippen LogP contribution in [0.2, 0.25) is 0 Å². The van der Waals surface area contributed by atoms with Gasteiger partial charge in [0, 0.05) is 31.9 Å². The molecule has 0 aliphatic carbocycles. The van der Waals surface area contributed by atoms with Crippen LogP contribution in [-0.4, -0.2) is 108 Å². The fraction of sp³-hybridized carbons (Fsp3) is 0.562. The van der Waals surface area contributed by atoms with Crippen molar-refractivity contribution in [3.63, 3.8) is 0 Å². The molecule has 7 heterocycles. The van der Waals surface area contributed by atoms with Gasteiger partial charge in [0.1, 0.15) is 35.5 Å². The molecule has 0 unspecified atom stereocenters. The fourth-order valence-electron chi connectivity index (χ4n) is 8.18. The summed E-state index contributed by atoms with van der Waals surface area (Å²) in [6.45, 7) is 4.32. The summed E-state index contributed by atoms with van der Waals surface area (Å²) in [4.78, 5) is 13.1. The van der Waals surface area contributed by atoms with Crippen LogP contribution in [-0.2, 0) is 18.0 Å². The molecule has 4 aromatic heterocycles. The number of aryl methyl sites for hydroxylation is 2. The molecule has 0 amide bonds. The van der Waals surface area contributed by atoms with Crippen LogP contribution in [0.4, 0.5) is 32.2 Å². The average molecular weight is 708 g/mol. The van der Waals surface area contributed by atoms with Crippen LogP contribution in [0.25, 0.3) is 38.7 Å². The highest BCUT2D eigenvalue weighted by Crippen LogP contribution is 2.46. The number of hydrogen-bond acceptors (Lipinski definition) is 9. The molecule has 268 valence electrons. The van der Waals surface area contributed by atoms with Crippen LogP contribution in [0.1, 0.15) is 49.4 Å². The van der Waals surface area contributed by atoms with Crippen LogP contribution in [0.5, 0.6) is 6.01 Å². The lowest BCUT2D eigenvalue weighted by molar-refractivity contribution is -0.137. The molecule has 0 saturated carbocycles. The van der Waals surface area contributed by atoms with Gasteiger partial charge in [-0.05, 0) is 44.9 Å². The van der Waals surface area contributed by atoms with E-state index < -0.39 is 46.9 Å². The lowest BCUT2D eigenvalue weighted by atomic mass is 9.95. The zero-order valence-electron chi connectivity index (χ0n) is 27.5. The number of aliphatic hydroxyl groups is 1. The maximum absolute atomic E-state index is 15.0. The molecule has 3 atom stereocenters. The summed E-state index contributed by atoms with van der Waals surface area (Å²) in [5.74, 6) is 0.118. The van der Waals surface area contributed by atoms with Gasteiger partial charge in [-0.15, -0.1) is 0 Å². The van der Waals surface area contributed by atoms with Gasteiger partial charge in [0.05, 0.1) is 59.0 Å². The first kappa shape index (κ1) is 33.0. The van der Waals surface area contributed by atoms with Gasteiger partial charge in [-0.2, -0.15) is 33.3 Å². The number of β-amino-alcohol motifs (C(OH)–C–C–N with tert-alkyl or cyclic N) is 1. The zero-order valence-corrected chi connectivity index (χ0v) is 27.5. The summed E-state index contributed by atoms with van der Waals surface area (Å²) in [5, 5.41) is 21.8. The first-order valence-corrected chi connectivity index (χ1v) is 16.4. The highest BCUT2D eigenvalue weighted by atomic mass is 19.4. The molecule has 12 nitrogen and oxygen atoms in total. The molecule has 2 N–H and O–H groups in total. The maximum Gasteiger partial charge on any atom is 0.418 e. The van der Waals surface area contributed by atoms with E-state index in [1.807, 2.05) is 0 Å². The standard InChI is InChI=1S/C32H35F6N9O3/c1-16-9-19-18(11-39-42-19)24(22(16)32(36,37)38)47-28-20(23(43-47)25(34)35)21-26(44(28)3)40-29(41-27(21)45-7-8-49-14-30(2,48)13-45)50-15-31-5-4-6-46(31)12-17(33)10-31/h9,11,17,25,48H,4-8,10,12-15H2,1-3H3,(H,39,42)/t17-,30+,31+/m1/s1. The van der Waals surface area contributed by atoms with Gasteiger partial charge in [-0.3, -0.25) is 10.00 Å². The van der Waals surface area contributed by atoms with E-state index in [9.17, 15) is 22.7 Å². The summed E-state index contributed by atoms with van der Waals surface area (Å²) in [6.07, 6.45) is -6.00. The fourth-order valence-corrected chi connectivity index (χ4v) is 8.18. The van der Waals surface area contributed by atoms with E-state index in [1.54, 1.807) is 11.8 Å². The second kappa shape index (κ2) is 11.4. The van der Waals surface area contributed by atoms with Crippen molar-refractivity contribution < 1.29 is 40.9 Å². The second-order valence-corrected chi connectivity index (χ2v) is 14.0. The van der Waals surface area contributed by atoms with E-state index in [1.165, 1.54) is 30.8 Å². The molecule has 3 aliphatic rings. The van der Waals surface area contributed by atoms with Gasteiger partial charge < -0.3 is 24.0 Å². The number of fused-ring (bicyclic) bond motifs is 5. The van der Waals surface area contributed by atoms with Gasteiger partial charge in [0.15, 0.2) is 5.65 Å². The van der Waals surface area contributed by atoms with Gasteiger partial charge in [0.2, 0.25) is 0 Å². The van der Waals surface area contributed by atoms with E-state index in [0.717, 1.165) is 24.1 Å². The normalized spacial score (nSPS) is 25.1. The van der Waals surface area contributed by atoms with Crippen molar-refractivity contribution in [2.75, 3.05) is 50.9 Å². The molecule has 8 rings (SSSR count). The molecule has 3 fully saturated rings. The number of nitrogens with zero attached hydrogens (tertiary/aromatic N) is 8. The number of H-pyrrole nitrogens is 1. The monoisotopic (exact) mass is 707 g/mol. The number of anilines is 1. The van der Waals surface area contributed by atoms with Gasteiger partial charge in [0.25, 0.3) is 6.43 Å². The Morgan fingerprint density at radius 1 is 1.20 bits per heavy atom. The van der Waals surface area contributed by atoms with E-state index in [-0.39, 0.29) is 89.7 Å². The molecule has 3 saturated heterocycles. The predicted octanol–water partition coefficient (Wildman–Crippen LogP) is 4.99. The number of hydrogen-bond donors (Lipinski definition) is 2. The third kappa shape index (κ3) is 5.16. The number of ether oxygens (including phenoxy) is 2. The van der Waals surface area contributed by atoms with Crippen molar-refractivity contribution in [1.29, 1.82) is 0 Å². The number of aromatic nitrogens is 7. The molecule has 0 bridgehead atoms. The van der Waals surface area contributed by atoms with Crippen LogP contribution >= 0.6 is 0 Å². The Morgan fingerprint density at radius 3 is 2.76 bits per heavy atom. The predicted molar refractivity (Wildman–Crippen MR) is 170 cm³/mol. The third-order valence-electron chi connectivity index (χ3n) is 10.2. The molecule has 0 radical (unpaired) electrons. The summed E-state index contributed by atoms with van der Waals surface area (Å²) in [5.41, 5.74) is -4.09. The minimum atomic E-state index is -4.88. The largest absolute Gasteiger partial charge is 0.461 e. The summed E-state index contributed by atoms with van der Waals surface area (Å²) >= 11 is 0. The lowest BCUT2D eigenvalue weighted by Gasteiger charge is -2.31. The van der Waals surface area contributed by atoms with Crippen LogP contribution < -0.4 is 9.64 Å². The Hall–Kier alpha value is -4.16. The van der Waals surface area contributed by atoms with Crippen LogP contribution in [0, 0.1) is 6.92 Å². The van der Waals surface area contributed by atoms with Crippen LogP contribution in [0.15, 0.2) is 12.3 Å². The molecular formula is C32H35F6N9O3. The summed E-state index contributed by atoms with van der Waals surface area (Å²) in [6, 6.07) is 1.18. The summed E-state index contributed by atoms with van der Waals surface area (Å²) in [7, 11) is 1.50. The molecular weight excluding hydrogens is 672 g/mol. The zero-order chi connectivity index (χ0) is 35.3. The van der Waals surface area contributed by atoms with Gasteiger partial charge in [-0.1, -0.05) is 0 Å². The molecule has 50 heavy (non-hydrogen) atoms. The smallest absolute Gasteiger partial charge is 0.418 e. The van der Waals surface area contributed by atoms with Crippen molar-refractivity contribution in [2.24, 2.45) is 7.05 Å². The number of aromatic amines is 1. The Balaban J connectivity index is 1.39. The van der Waals surface area contributed by atoms with E-state index in [4.69, 9.17) is 14.5 Å². The SMILES string of the molecule is Cc1cc2[nH]ncc2c(-n2nc(C(F)F)c3c4c(N5CCOC[C@@](C)(O)C5)nc(OC[C@@]56CCCN5C[C@H](F)C6)nc4n(C)c32)c1C(F)(F)F. The first-order valence-electron chi connectivity index (χ1n) is 16.4. The number of rotatable bonds is 6. The summed E-state index contributed by atoms with van der Waals surface area (Å²) < 4.78 is 103. The number of nitrogens with one attached hydrogen (secondary N) is 1. The Morgan fingerprint density at radius 2 is 2.00 bits per heavy atom. The molecule has 1 aromatic carbocycles. The molecule has 18 heteroatoms. The number of benzene rings is 1. The van der Waals surface area contributed by atoms with Gasteiger partial charge >= 0.3 is 12.2 Å². The third-order valence-corrected chi connectivity index (χ3v) is 10.2. The number of halogens is 6. The minimum absolute atomic E-state index is 0.00251. The molecule has 3 aliphatic heterocycles. The van der Waals surface area contributed by atoms with E-state index in [0.29, 0.717) is 6.54 Å². The topological polar surface area (TPSA) is 122 Å². The first-order chi connectivity index (χ1) is 23.7. The van der Waals surface area contributed by atoms with Gasteiger partial charge in [-0.25, -0.2) is 17.9 Å². The quantitative estimate of drug-likeness (QED) is 0.235. The molecule has 5 aromatic rings. The lowest BCUT2D eigenvalue weighted by Crippen LogP contribution is -2.44. The highest BCUT2D eigenvalue weighted by Gasteiger charge is 2.49. The average Bonchev–Trinajstić information content (AvgIpc) is 3.82. The van der Waals surface area contributed by atoms with Crippen molar-refractivity contribution in [3.05, 3.63) is 29.1 Å². The van der Waals surface area contributed by atoms with E-state index >= 15 is 8.78 Å². The Bertz CT molecular complexity index is 2130. The van der Waals surface area contributed by atoms with Crippen LogP contribution in [0.3, 0.4) is 0 Å². The van der Waals surface area contributed by atoms with Crippen molar-refractivity contribution >= 4 is 38.8 Å². The maximum atomic E-state index is 15.0. The Labute approximate surface area is 280 Å². The molecule has 0 spiro atoms. The highest BCUT2D eigenvalue weighted by molar-refractivity contribution is 6.13.